The Labute approximate surface area is 133 Å². The highest BCUT2D eigenvalue weighted by atomic mass is 35.5. The van der Waals surface area contributed by atoms with E-state index in [1.807, 2.05) is 18.2 Å². The third-order valence-electron chi connectivity index (χ3n) is 3.80. The molecular weight excluding hydrogens is 278 g/mol. The third-order valence-corrected chi connectivity index (χ3v) is 4.15. The topological polar surface area (TPSA) is 12.0 Å². The molecule has 0 saturated heterocycles. The first-order valence-electron chi connectivity index (χ1n) is 7.45. The maximum atomic E-state index is 6.23. The lowest BCUT2D eigenvalue weighted by molar-refractivity contribution is 0.572. The van der Waals surface area contributed by atoms with E-state index in [4.69, 9.17) is 11.6 Å². The van der Waals surface area contributed by atoms with Crippen molar-refractivity contribution in [2.75, 3.05) is 0 Å². The van der Waals surface area contributed by atoms with Gasteiger partial charge in [-0.15, -0.1) is 0 Å². The minimum absolute atomic E-state index is 0.205. The van der Waals surface area contributed by atoms with Gasteiger partial charge in [-0.2, -0.15) is 0 Å². The Kier molecular flexibility index (Phi) is 5.08. The minimum Gasteiger partial charge on any atom is -0.306 e. The van der Waals surface area contributed by atoms with Gasteiger partial charge >= 0.3 is 0 Å². The first kappa shape index (κ1) is 16.1. The molecule has 2 aromatic rings. The number of rotatable bonds is 4. The lowest BCUT2D eigenvalue weighted by Crippen LogP contribution is -2.18. The molecular formula is C19H24ClN. The van der Waals surface area contributed by atoms with Crippen LogP contribution < -0.4 is 5.32 Å². The largest absolute Gasteiger partial charge is 0.306 e. The summed E-state index contributed by atoms with van der Waals surface area (Å²) in [6, 6.07) is 17.1. The van der Waals surface area contributed by atoms with Crippen LogP contribution in [0.2, 0.25) is 5.02 Å². The molecule has 0 amide bonds. The molecule has 0 unspecified atom stereocenters. The summed E-state index contributed by atoms with van der Waals surface area (Å²) < 4.78 is 0. The van der Waals surface area contributed by atoms with Gasteiger partial charge in [-0.05, 0) is 35.1 Å². The van der Waals surface area contributed by atoms with Crippen LogP contribution in [0, 0.1) is 0 Å². The minimum atomic E-state index is 0.205. The summed E-state index contributed by atoms with van der Waals surface area (Å²) in [6.45, 7) is 9.70. The van der Waals surface area contributed by atoms with Crippen LogP contribution in [-0.2, 0) is 12.0 Å². The van der Waals surface area contributed by atoms with Crippen LogP contribution >= 0.6 is 11.6 Å². The van der Waals surface area contributed by atoms with Gasteiger partial charge in [0.1, 0.15) is 0 Å². The van der Waals surface area contributed by atoms with Gasteiger partial charge < -0.3 is 5.32 Å². The van der Waals surface area contributed by atoms with Gasteiger partial charge in [0.2, 0.25) is 0 Å². The highest BCUT2D eigenvalue weighted by molar-refractivity contribution is 6.31. The van der Waals surface area contributed by atoms with E-state index in [1.165, 1.54) is 11.1 Å². The average molecular weight is 302 g/mol. The van der Waals surface area contributed by atoms with Gasteiger partial charge in [-0.25, -0.2) is 0 Å². The first-order valence-corrected chi connectivity index (χ1v) is 7.83. The van der Waals surface area contributed by atoms with Crippen LogP contribution in [0.15, 0.2) is 48.5 Å². The molecule has 0 aliphatic heterocycles. The summed E-state index contributed by atoms with van der Waals surface area (Å²) in [4.78, 5) is 0. The number of benzene rings is 2. The van der Waals surface area contributed by atoms with E-state index in [2.05, 4.69) is 63.3 Å². The molecule has 2 aromatic carbocycles. The Hall–Kier alpha value is -1.31. The van der Waals surface area contributed by atoms with E-state index in [9.17, 15) is 0 Å². The number of halogens is 1. The van der Waals surface area contributed by atoms with Crippen LogP contribution in [0.4, 0.5) is 0 Å². The molecule has 2 heteroatoms. The third kappa shape index (κ3) is 4.33. The maximum Gasteiger partial charge on any atom is 0.0453 e. The average Bonchev–Trinajstić information content (AvgIpc) is 2.45. The Morgan fingerprint density at radius 1 is 1.00 bits per heavy atom. The molecule has 0 bridgehead atoms. The molecule has 0 saturated carbocycles. The molecule has 112 valence electrons. The fraction of sp³-hybridized carbons (Fsp3) is 0.368. The second-order valence-corrected chi connectivity index (χ2v) is 6.98. The second kappa shape index (κ2) is 6.64. The SMILES string of the molecule is C[C@H](NCc1ccc(C(C)(C)C)cc1)c1ccccc1Cl. The Morgan fingerprint density at radius 2 is 1.62 bits per heavy atom. The smallest absolute Gasteiger partial charge is 0.0453 e. The summed E-state index contributed by atoms with van der Waals surface area (Å²) in [5, 5.41) is 4.35. The van der Waals surface area contributed by atoms with Crippen molar-refractivity contribution in [3.8, 4) is 0 Å². The van der Waals surface area contributed by atoms with Gasteiger partial charge in [-0.1, -0.05) is 74.8 Å². The lowest BCUT2D eigenvalue weighted by Gasteiger charge is -2.20. The van der Waals surface area contributed by atoms with Crippen molar-refractivity contribution in [2.45, 2.75) is 45.7 Å². The van der Waals surface area contributed by atoms with Crippen LogP contribution in [0.5, 0.6) is 0 Å². The zero-order valence-corrected chi connectivity index (χ0v) is 14.0. The molecule has 1 atom stereocenters. The molecule has 21 heavy (non-hydrogen) atoms. The van der Waals surface area contributed by atoms with Gasteiger partial charge in [-0.3, -0.25) is 0 Å². The van der Waals surface area contributed by atoms with E-state index >= 15 is 0 Å². The van der Waals surface area contributed by atoms with Gasteiger partial charge in [0.25, 0.3) is 0 Å². The van der Waals surface area contributed by atoms with Crippen LogP contribution in [-0.4, -0.2) is 0 Å². The van der Waals surface area contributed by atoms with E-state index in [1.54, 1.807) is 0 Å². The second-order valence-electron chi connectivity index (χ2n) is 6.57. The predicted octanol–water partition coefficient (Wildman–Crippen LogP) is 5.49. The zero-order chi connectivity index (χ0) is 15.5. The molecule has 1 N–H and O–H groups in total. The highest BCUT2D eigenvalue weighted by Crippen LogP contribution is 2.24. The molecule has 0 aliphatic carbocycles. The Morgan fingerprint density at radius 3 is 2.19 bits per heavy atom. The molecule has 0 aliphatic rings. The summed E-state index contributed by atoms with van der Waals surface area (Å²) in [5.74, 6) is 0. The highest BCUT2D eigenvalue weighted by Gasteiger charge is 2.13. The summed E-state index contributed by atoms with van der Waals surface area (Å²) >= 11 is 6.23. The normalized spacial score (nSPS) is 13.2. The van der Waals surface area contributed by atoms with Gasteiger partial charge in [0.15, 0.2) is 0 Å². The molecule has 0 fully saturated rings. The van der Waals surface area contributed by atoms with E-state index in [0.717, 1.165) is 17.1 Å². The fourth-order valence-electron chi connectivity index (χ4n) is 2.33. The molecule has 0 radical (unpaired) electrons. The van der Waals surface area contributed by atoms with Crippen molar-refractivity contribution >= 4 is 11.6 Å². The number of hydrogen-bond donors (Lipinski definition) is 1. The first-order chi connectivity index (χ1) is 9.88. The van der Waals surface area contributed by atoms with Crippen LogP contribution in [0.3, 0.4) is 0 Å². The van der Waals surface area contributed by atoms with Gasteiger partial charge in [0, 0.05) is 17.6 Å². The Balaban J connectivity index is 1.99. The van der Waals surface area contributed by atoms with Crippen LogP contribution in [0.1, 0.15) is 50.4 Å². The van der Waals surface area contributed by atoms with E-state index < -0.39 is 0 Å². The van der Waals surface area contributed by atoms with E-state index in [-0.39, 0.29) is 11.5 Å². The summed E-state index contributed by atoms with van der Waals surface area (Å²) in [5.41, 5.74) is 4.01. The molecule has 1 nitrogen and oxygen atoms in total. The van der Waals surface area contributed by atoms with Crippen LogP contribution in [0.25, 0.3) is 0 Å². The lowest BCUT2D eigenvalue weighted by atomic mass is 9.87. The van der Waals surface area contributed by atoms with Crippen molar-refractivity contribution in [2.24, 2.45) is 0 Å². The predicted molar refractivity (Wildman–Crippen MR) is 91.8 cm³/mol. The quantitative estimate of drug-likeness (QED) is 0.787. The summed E-state index contributed by atoms with van der Waals surface area (Å²) in [7, 11) is 0. The summed E-state index contributed by atoms with van der Waals surface area (Å²) in [6.07, 6.45) is 0. The zero-order valence-electron chi connectivity index (χ0n) is 13.3. The maximum absolute atomic E-state index is 6.23. The van der Waals surface area contributed by atoms with Crippen molar-refractivity contribution in [1.82, 2.24) is 5.32 Å². The van der Waals surface area contributed by atoms with Crippen molar-refractivity contribution in [3.05, 3.63) is 70.2 Å². The van der Waals surface area contributed by atoms with Gasteiger partial charge in [0.05, 0.1) is 0 Å². The fourth-order valence-corrected chi connectivity index (χ4v) is 2.63. The monoisotopic (exact) mass is 301 g/mol. The molecule has 2 rings (SSSR count). The standard InChI is InChI=1S/C19H24ClN/c1-14(17-7-5-6-8-18(17)20)21-13-15-9-11-16(12-10-15)19(2,3)4/h5-12,14,21H,13H2,1-4H3/t14-/m0/s1. The molecule has 0 spiro atoms. The number of nitrogens with one attached hydrogen (secondary N) is 1. The van der Waals surface area contributed by atoms with Crippen molar-refractivity contribution < 1.29 is 0 Å². The Bertz CT molecular complexity index is 581. The van der Waals surface area contributed by atoms with Crippen molar-refractivity contribution in [1.29, 1.82) is 0 Å². The molecule has 0 heterocycles. The van der Waals surface area contributed by atoms with Crippen molar-refractivity contribution in [3.63, 3.8) is 0 Å². The molecule has 0 aromatic heterocycles. The van der Waals surface area contributed by atoms with E-state index in [0.29, 0.717) is 0 Å². The number of hydrogen-bond acceptors (Lipinski definition) is 1.